The Morgan fingerprint density at radius 1 is 1.00 bits per heavy atom. The van der Waals surface area contributed by atoms with Crippen molar-refractivity contribution >= 4 is 5.78 Å². The molecule has 2 rings (SSSR count). The Balaban J connectivity index is 2.25. The topological polar surface area (TPSA) is 17.1 Å². The van der Waals surface area contributed by atoms with E-state index in [1.165, 1.54) is 25.7 Å². The van der Waals surface area contributed by atoms with E-state index in [4.69, 9.17) is 0 Å². The Hall–Kier alpha value is -0.330. The first-order valence-electron chi connectivity index (χ1n) is 5.58. The monoisotopic (exact) mass is 180 g/mol. The zero-order valence-corrected chi connectivity index (χ0v) is 8.86. The summed E-state index contributed by atoms with van der Waals surface area (Å²) in [7, 11) is 0. The third kappa shape index (κ3) is 1.33. The quantitative estimate of drug-likeness (QED) is 0.559. The van der Waals surface area contributed by atoms with Gasteiger partial charge in [-0.15, -0.1) is 0 Å². The number of Topliss-reactive ketones (excluding diaryl/α,β-unsaturated/α-hetero) is 1. The van der Waals surface area contributed by atoms with Crippen molar-refractivity contribution in [3.05, 3.63) is 0 Å². The van der Waals surface area contributed by atoms with Crippen molar-refractivity contribution in [3.63, 3.8) is 0 Å². The lowest BCUT2D eigenvalue weighted by Gasteiger charge is -2.53. The van der Waals surface area contributed by atoms with E-state index in [1.807, 2.05) is 0 Å². The van der Waals surface area contributed by atoms with Crippen LogP contribution >= 0.6 is 0 Å². The lowest BCUT2D eigenvalue weighted by molar-refractivity contribution is -0.132. The summed E-state index contributed by atoms with van der Waals surface area (Å²) >= 11 is 0. The van der Waals surface area contributed by atoms with Crippen LogP contribution in [0.15, 0.2) is 0 Å². The number of ketones is 1. The van der Waals surface area contributed by atoms with Gasteiger partial charge in [-0.2, -0.15) is 0 Å². The number of hydrogen-bond donors (Lipinski definition) is 0. The molecule has 74 valence electrons. The zero-order valence-electron chi connectivity index (χ0n) is 8.86. The highest BCUT2D eigenvalue weighted by Gasteiger charge is 2.49. The Morgan fingerprint density at radius 3 is 2.31 bits per heavy atom. The second-order valence-corrected chi connectivity index (χ2v) is 5.54. The molecule has 0 N–H and O–H groups in total. The van der Waals surface area contributed by atoms with Gasteiger partial charge in [0.2, 0.25) is 0 Å². The average Bonchev–Trinajstić information content (AvgIpc) is 2.07. The predicted molar refractivity (Wildman–Crippen MR) is 53.5 cm³/mol. The second kappa shape index (κ2) is 2.83. The summed E-state index contributed by atoms with van der Waals surface area (Å²) < 4.78 is 0. The molecule has 0 heterocycles. The van der Waals surface area contributed by atoms with E-state index >= 15 is 0 Å². The zero-order chi connectivity index (χ0) is 9.53. The number of carbonyl (C=O) groups is 1. The lowest BCUT2D eigenvalue weighted by Crippen LogP contribution is -2.45. The number of hydrogen-bond acceptors (Lipinski definition) is 1. The first kappa shape index (κ1) is 9.23. The molecule has 1 nitrogen and oxygen atoms in total. The SMILES string of the molecule is CC12CCCC[C@@]1(C)CCC(=O)C2. The molecule has 2 aliphatic rings. The van der Waals surface area contributed by atoms with Gasteiger partial charge in [0.1, 0.15) is 5.78 Å². The maximum absolute atomic E-state index is 11.5. The van der Waals surface area contributed by atoms with Crippen LogP contribution in [0.25, 0.3) is 0 Å². The maximum Gasteiger partial charge on any atom is 0.133 e. The fraction of sp³-hybridized carbons (Fsp3) is 0.917. The van der Waals surface area contributed by atoms with Crippen molar-refractivity contribution in [2.24, 2.45) is 10.8 Å². The van der Waals surface area contributed by atoms with Crippen molar-refractivity contribution in [2.75, 3.05) is 0 Å². The molecule has 2 fully saturated rings. The molecule has 1 heteroatoms. The largest absolute Gasteiger partial charge is 0.300 e. The lowest BCUT2D eigenvalue weighted by atomic mass is 9.51. The third-order valence-corrected chi connectivity index (χ3v) is 4.71. The molecule has 0 bridgehead atoms. The molecular formula is C12H20O. The van der Waals surface area contributed by atoms with E-state index < -0.39 is 0 Å². The number of rotatable bonds is 0. The van der Waals surface area contributed by atoms with Gasteiger partial charge in [0.05, 0.1) is 0 Å². The highest BCUT2D eigenvalue weighted by atomic mass is 16.1. The van der Waals surface area contributed by atoms with Crippen LogP contribution < -0.4 is 0 Å². The van der Waals surface area contributed by atoms with Crippen LogP contribution in [0, 0.1) is 10.8 Å². The molecule has 2 aliphatic carbocycles. The molecule has 0 aromatic carbocycles. The molecule has 0 amide bonds. The van der Waals surface area contributed by atoms with Gasteiger partial charge in [0.25, 0.3) is 0 Å². The summed E-state index contributed by atoms with van der Waals surface area (Å²) in [5.74, 6) is 0.502. The highest BCUT2D eigenvalue weighted by Crippen LogP contribution is 2.57. The molecule has 0 aromatic heterocycles. The van der Waals surface area contributed by atoms with Crippen LogP contribution in [0.3, 0.4) is 0 Å². The van der Waals surface area contributed by atoms with Gasteiger partial charge in [-0.05, 0) is 30.1 Å². The Bertz CT molecular complexity index is 233. The minimum atomic E-state index is 0.334. The fourth-order valence-electron chi connectivity index (χ4n) is 3.30. The van der Waals surface area contributed by atoms with E-state index in [9.17, 15) is 4.79 Å². The Morgan fingerprint density at radius 2 is 1.62 bits per heavy atom. The van der Waals surface area contributed by atoms with Gasteiger partial charge in [0, 0.05) is 12.8 Å². The summed E-state index contributed by atoms with van der Waals surface area (Å²) in [6.45, 7) is 4.74. The number of carbonyl (C=O) groups excluding carboxylic acids is 1. The molecule has 0 spiro atoms. The molecule has 2 saturated carbocycles. The van der Waals surface area contributed by atoms with E-state index in [2.05, 4.69) is 13.8 Å². The maximum atomic E-state index is 11.5. The van der Waals surface area contributed by atoms with E-state index in [0.717, 1.165) is 19.3 Å². The van der Waals surface area contributed by atoms with Crippen molar-refractivity contribution in [2.45, 2.75) is 58.8 Å². The van der Waals surface area contributed by atoms with Gasteiger partial charge >= 0.3 is 0 Å². The van der Waals surface area contributed by atoms with Gasteiger partial charge in [-0.1, -0.05) is 26.7 Å². The van der Waals surface area contributed by atoms with E-state index in [1.54, 1.807) is 0 Å². The van der Waals surface area contributed by atoms with Gasteiger partial charge < -0.3 is 0 Å². The summed E-state index contributed by atoms with van der Waals surface area (Å²) in [5.41, 5.74) is 0.805. The molecule has 0 saturated heterocycles. The van der Waals surface area contributed by atoms with Gasteiger partial charge in [0.15, 0.2) is 0 Å². The second-order valence-electron chi connectivity index (χ2n) is 5.54. The highest BCUT2D eigenvalue weighted by molar-refractivity contribution is 5.80. The molecule has 0 radical (unpaired) electrons. The van der Waals surface area contributed by atoms with Crippen LogP contribution in [0.4, 0.5) is 0 Å². The summed E-state index contributed by atoms with van der Waals surface area (Å²) in [5, 5.41) is 0. The average molecular weight is 180 g/mol. The first-order chi connectivity index (χ1) is 6.06. The summed E-state index contributed by atoms with van der Waals surface area (Å²) in [6.07, 6.45) is 8.16. The fourth-order valence-corrected chi connectivity index (χ4v) is 3.30. The Labute approximate surface area is 80.9 Å². The summed E-state index contributed by atoms with van der Waals surface area (Å²) in [6, 6.07) is 0. The molecular weight excluding hydrogens is 160 g/mol. The van der Waals surface area contributed by atoms with E-state index in [-0.39, 0.29) is 0 Å². The molecule has 0 aromatic rings. The van der Waals surface area contributed by atoms with Crippen molar-refractivity contribution in [1.82, 2.24) is 0 Å². The molecule has 13 heavy (non-hydrogen) atoms. The van der Waals surface area contributed by atoms with Crippen LogP contribution in [-0.2, 0) is 4.79 Å². The normalized spacial score (nSPS) is 45.8. The minimum Gasteiger partial charge on any atom is -0.300 e. The molecule has 2 atom stereocenters. The third-order valence-electron chi connectivity index (χ3n) is 4.71. The summed E-state index contributed by atoms with van der Waals surface area (Å²) in [4.78, 5) is 11.5. The van der Waals surface area contributed by atoms with Crippen molar-refractivity contribution in [1.29, 1.82) is 0 Å². The Kier molecular flexibility index (Phi) is 2.01. The van der Waals surface area contributed by atoms with Crippen LogP contribution in [0.2, 0.25) is 0 Å². The predicted octanol–water partition coefficient (Wildman–Crippen LogP) is 3.33. The van der Waals surface area contributed by atoms with E-state index in [0.29, 0.717) is 16.6 Å². The number of fused-ring (bicyclic) bond motifs is 1. The van der Waals surface area contributed by atoms with Gasteiger partial charge in [-0.25, -0.2) is 0 Å². The minimum absolute atomic E-state index is 0.334. The molecule has 0 aliphatic heterocycles. The standard InChI is InChI=1S/C12H20O/c1-11-6-3-4-7-12(11,2)9-10(13)5-8-11/h3-9H2,1-2H3/t11-,12?/m0/s1. The van der Waals surface area contributed by atoms with Crippen molar-refractivity contribution < 1.29 is 4.79 Å². The first-order valence-corrected chi connectivity index (χ1v) is 5.58. The van der Waals surface area contributed by atoms with Crippen LogP contribution in [-0.4, -0.2) is 5.78 Å². The van der Waals surface area contributed by atoms with Crippen LogP contribution in [0.5, 0.6) is 0 Å². The van der Waals surface area contributed by atoms with Crippen LogP contribution in [0.1, 0.15) is 58.8 Å². The van der Waals surface area contributed by atoms with Crippen molar-refractivity contribution in [3.8, 4) is 0 Å². The smallest absolute Gasteiger partial charge is 0.133 e. The molecule has 1 unspecified atom stereocenters. The van der Waals surface area contributed by atoms with Gasteiger partial charge in [-0.3, -0.25) is 4.79 Å².